The van der Waals surface area contributed by atoms with E-state index in [9.17, 15) is 9.59 Å². The second-order valence-corrected chi connectivity index (χ2v) is 7.72. The Morgan fingerprint density at radius 3 is 2.33 bits per heavy atom. The Balaban J connectivity index is 1.74. The van der Waals surface area contributed by atoms with Gasteiger partial charge in [-0.1, -0.05) is 39.0 Å². The highest BCUT2D eigenvalue weighted by atomic mass is 32.1. The van der Waals surface area contributed by atoms with E-state index in [0.29, 0.717) is 12.1 Å². The van der Waals surface area contributed by atoms with Crippen LogP contribution in [0.4, 0.5) is 0 Å². The van der Waals surface area contributed by atoms with Gasteiger partial charge in [-0.2, -0.15) is 0 Å². The largest absolute Gasteiger partial charge is 0.354 e. The van der Waals surface area contributed by atoms with Crippen LogP contribution in [0.5, 0.6) is 0 Å². The van der Waals surface area contributed by atoms with Gasteiger partial charge in [0.05, 0.1) is 6.54 Å². The fourth-order valence-corrected chi connectivity index (χ4v) is 2.94. The van der Waals surface area contributed by atoms with Crippen LogP contribution < -0.4 is 10.6 Å². The van der Waals surface area contributed by atoms with E-state index in [1.54, 1.807) is 23.5 Å². The van der Waals surface area contributed by atoms with Gasteiger partial charge >= 0.3 is 0 Å². The molecule has 1 heterocycles. The predicted molar refractivity (Wildman–Crippen MR) is 98.5 cm³/mol. The molecule has 1 aromatic carbocycles. The minimum absolute atomic E-state index is 0.00963. The zero-order chi connectivity index (χ0) is 17.6. The van der Waals surface area contributed by atoms with Crippen molar-refractivity contribution in [2.45, 2.75) is 32.6 Å². The summed E-state index contributed by atoms with van der Waals surface area (Å²) in [5.74, 6) is -0.407. The molecule has 5 heteroatoms. The van der Waals surface area contributed by atoms with Crippen molar-refractivity contribution in [3.63, 3.8) is 0 Å². The van der Waals surface area contributed by atoms with E-state index in [4.69, 9.17) is 0 Å². The highest BCUT2D eigenvalue weighted by molar-refractivity contribution is 7.09. The first-order chi connectivity index (χ1) is 11.4. The molecule has 0 radical (unpaired) electrons. The summed E-state index contributed by atoms with van der Waals surface area (Å²) in [6.07, 6.45) is 0.811. The highest BCUT2D eigenvalue weighted by Gasteiger charge is 2.14. The van der Waals surface area contributed by atoms with Crippen LogP contribution in [0.25, 0.3) is 0 Å². The fourth-order valence-electron chi connectivity index (χ4n) is 2.23. The van der Waals surface area contributed by atoms with E-state index >= 15 is 0 Å². The quantitative estimate of drug-likeness (QED) is 0.846. The fraction of sp³-hybridized carbons (Fsp3) is 0.368. The number of amides is 2. The topological polar surface area (TPSA) is 58.2 Å². The summed E-state index contributed by atoms with van der Waals surface area (Å²) < 4.78 is 0. The molecule has 24 heavy (non-hydrogen) atoms. The lowest BCUT2D eigenvalue weighted by Gasteiger charge is -2.19. The Kier molecular flexibility index (Phi) is 6.15. The lowest BCUT2D eigenvalue weighted by atomic mass is 9.87. The van der Waals surface area contributed by atoms with E-state index in [1.165, 1.54) is 10.4 Å². The van der Waals surface area contributed by atoms with Gasteiger partial charge in [0.1, 0.15) is 0 Å². The number of hydrogen-bond donors (Lipinski definition) is 2. The average molecular weight is 344 g/mol. The molecule has 128 valence electrons. The van der Waals surface area contributed by atoms with Gasteiger partial charge in [0.25, 0.3) is 5.91 Å². The average Bonchev–Trinajstić information content (AvgIpc) is 3.05. The minimum atomic E-state index is -0.233. The minimum Gasteiger partial charge on any atom is -0.354 e. The summed E-state index contributed by atoms with van der Waals surface area (Å²) in [6.45, 7) is 6.95. The van der Waals surface area contributed by atoms with Crippen LogP contribution in [-0.4, -0.2) is 24.9 Å². The van der Waals surface area contributed by atoms with E-state index in [1.807, 2.05) is 29.6 Å². The third-order valence-corrected chi connectivity index (χ3v) is 4.63. The molecule has 1 aromatic heterocycles. The molecule has 2 aromatic rings. The van der Waals surface area contributed by atoms with Gasteiger partial charge in [0.2, 0.25) is 5.91 Å². The van der Waals surface area contributed by atoms with E-state index in [2.05, 4.69) is 31.4 Å². The van der Waals surface area contributed by atoms with Gasteiger partial charge in [0.15, 0.2) is 0 Å². The Bertz CT molecular complexity index is 670. The third kappa shape index (κ3) is 5.49. The van der Waals surface area contributed by atoms with Crippen molar-refractivity contribution in [2.75, 3.05) is 13.1 Å². The second-order valence-electron chi connectivity index (χ2n) is 6.69. The monoisotopic (exact) mass is 344 g/mol. The first-order valence-electron chi connectivity index (χ1n) is 8.04. The molecule has 0 fully saturated rings. The standard InChI is InChI=1S/C19H24N2O2S/c1-19(2,3)15-8-6-14(7-9-15)18(23)21-13-17(22)20-11-10-16-5-4-12-24-16/h4-9,12H,10-11,13H2,1-3H3,(H,20,22)(H,21,23). The SMILES string of the molecule is CC(C)(C)c1ccc(C(=O)NCC(=O)NCCc2cccs2)cc1. The summed E-state index contributed by atoms with van der Waals surface area (Å²) in [6, 6.07) is 11.5. The van der Waals surface area contributed by atoms with Crippen molar-refractivity contribution in [3.05, 3.63) is 57.8 Å². The van der Waals surface area contributed by atoms with Crippen LogP contribution in [0.2, 0.25) is 0 Å². The van der Waals surface area contributed by atoms with Crippen LogP contribution in [0.15, 0.2) is 41.8 Å². The Hall–Kier alpha value is -2.14. The Labute approximate surface area is 147 Å². The van der Waals surface area contributed by atoms with Crippen LogP contribution in [0.3, 0.4) is 0 Å². The maximum atomic E-state index is 12.1. The molecule has 0 aliphatic rings. The lowest BCUT2D eigenvalue weighted by Crippen LogP contribution is -2.37. The molecule has 4 nitrogen and oxygen atoms in total. The van der Waals surface area contributed by atoms with Gasteiger partial charge in [-0.25, -0.2) is 0 Å². The van der Waals surface area contributed by atoms with E-state index in [-0.39, 0.29) is 23.8 Å². The van der Waals surface area contributed by atoms with Crippen molar-refractivity contribution < 1.29 is 9.59 Å². The van der Waals surface area contributed by atoms with Crippen molar-refractivity contribution in [1.82, 2.24) is 10.6 Å². The van der Waals surface area contributed by atoms with Gasteiger partial charge in [0, 0.05) is 17.0 Å². The molecule has 0 spiro atoms. The van der Waals surface area contributed by atoms with Gasteiger partial charge < -0.3 is 10.6 Å². The number of benzene rings is 1. The van der Waals surface area contributed by atoms with Crippen molar-refractivity contribution >= 4 is 23.2 Å². The molecule has 0 saturated heterocycles. The van der Waals surface area contributed by atoms with Crippen LogP contribution in [-0.2, 0) is 16.6 Å². The number of rotatable bonds is 6. The first-order valence-corrected chi connectivity index (χ1v) is 8.92. The molecule has 2 N–H and O–H groups in total. The summed E-state index contributed by atoms with van der Waals surface area (Å²) in [5.41, 5.74) is 1.79. The second kappa shape index (κ2) is 8.11. The maximum Gasteiger partial charge on any atom is 0.251 e. The zero-order valence-corrected chi connectivity index (χ0v) is 15.2. The molecular weight excluding hydrogens is 320 g/mol. The third-order valence-electron chi connectivity index (χ3n) is 3.70. The molecule has 0 saturated carbocycles. The summed E-state index contributed by atoms with van der Waals surface area (Å²) in [5, 5.41) is 7.48. The Morgan fingerprint density at radius 1 is 1.04 bits per heavy atom. The first kappa shape index (κ1) is 18.2. The predicted octanol–water partition coefficient (Wildman–Crippen LogP) is 3.13. The van der Waals surface area contributed by atoms with Crippen molar-refractivity contribution in [1.29, 1.82) is 0 Å². The number of carbonyl (C=O) groups is 2. The summed E-state index contributed by atoms with van der Waals surface area (Å²) >= 11 is 1.67. The smallest absolute Gasteiger partial charge is 0.251 e. The van der Waals surface area contributed by atoms with Gasteiger partial charge in [-0.15, -0.1) is 11.3 Å². The summed E-state index contributed by atoms with van der Waals surface area (Å²) in [4.78, 5) is 25.1. The molecule has 0 bridgehead atoms. The van der Waals surface area contributed by atoms with E-state index in [0.717, 1.165) is 6.42 Å². The number of nitrogens with one attached hydrogen (secondary N) is 2. The molecule has 0 atom stereocenters. The van der Waals surface area contributed by atoms with Gasteiger partial charge in [-0.05, 0) is 41.0 Å². The highest BCUT2D eigenvalue weighted by Crippen LogP contribution is 2.22. The number of carbonyl (C=O) groups excluding carboxylic acids is 2. The van der Waals surface area contributed by atoms with Crippen LogP contribution in [0.1, 0.15) is 41.6 Å². The maximum absolute atomic E-state index is 12.1. The van der Waals surface area contributed by atoms with E-state index < -0.39 is 0 Å². The summed E-state index contributed by atoms with van der Waals surface area (Å²) in [7, 11) is 0. The molecule has 0 aliphatic carbocycles. The molecular formula is C19H24N2O2S. The number of hydrogen-bond acceptors (Lipinski definition) is 3. The number of thiophene rings is 1. The lowest BCUT2D eigenvalue weighted by molar-refractivity contribution is -0.120. The van der Waals surface area contributed by atoms with Crippen molar-refractivity contribution in [3.8, 4) is 0 Å². The molecule has 0 aliphatic heterocycles. The molecule has 0 unspecified atom stereocenters. The Morgan fingerprint density at radius 2 is 1.75 bits per heavy atom. The zero-order valence-electron chi connectivity index (χ0n) is 14.4. The van der Waals surface area contributed by atoms with Crippen LogP contribution >= 0.6 is 11.3 Å². The molecule has 2 amide bonds. The molecule has 2 rings (SSSR count). The van der Waals surface area contributed by atoms with Crippen LogP contribution in [0, 0.1) is 0 Å². The van der Waals surface area contributed by atoms with Gasteiger partial charge in [-0.3, -0.25) is 9.59 Å². The van der Waals surface area contributed by atoms with Crippen molar-refractivity contribution in [2.24, 2.45) is 0 Å². The normalized spacial score (nSPS) is 11.1.